The molecule has 1 aliphatic rings. The van der Waals surface area contributed by atoms with Crippen LogP contribution in [0, 0.1) is 0 Å². The van der Waals surface area contributed by atoms with Crippen molar-refractivity contribution in [3.8, 4) is 0 Å². The van der Waals surface area contributed by atoms with Crippen LogP contribution in [0.25, 0.3) is 0 Å². The van der Waals surface area contributed by atoms with Crippen LogP contribution in [0.4, 0.5) is 11.4 Å². The summed E-state index contributed by atoms with van der Waals surface area (Å²) in [5.74, 6) is 1.04. The fourth-order valence-electron chi connectivity index (χ4n) is 3.54. The van der Waals surface area contributed by atoms with Crippen molar-refractivity contribution < 1.29 is 0 Å². The molecule has 0 radical (unpaired) electrons. The highest BCUT2D eigenvalue weighted by molar-refractivity contribution is 5.88. The number of nitrogens with zero attached hydrogens (tertiary/aromatic N) is 3. The van der Waals surface area contributed by atoms with Crippen LogP contribution in [0.15, 0.2) is 65.8 Å². The van der Waals surface area contributed by atoms with Crippen molar-refractivity contribution in [1.29, 1.82) is 0 Å². The molecule has 0 spiro atoms. The summed E-state index contributed by atoms with van der Waals surface area (Å²) in [6.45, 7) is 2.28. The standard InChI is InChI=1S/C24H34N4.ClH/c1-2-3-4-5-6-7-8-9-16-21-24-25-27(22-17-12-10-13-18-22)28(26-24)23-19-14-11-15-20-23;/h10-15,17-20H,2-9,16,21H2,1H3,(H,25,26);1H. The first kappa shape index (κ1) is 23.1. The topological polar surface area (TPSA) is 30.9 Å². The maximum absolute atomic E-state index is 4.85. The zero-order valence-corrected chi connectivity index (χ0v) is 18.4. The summed E-state index contributed by atoms with van der Waals surface area (Å²) in [6.07, 6.45) is 13.1. The number of hydrogen-bond acceptors (Lipinski definition) is 4. The fraction of sp³-hybridized carbons (Fsp3) is 0.458. The highest BCUT2D eigenvalue weighted by Gasteiger charge is 2.24. The third-order valence-electron chi connectivity index (χ3n) is 5.14. The van der Waals surface area contributed by atoms with Gasteiger partial charge in [0.15, 0.2) is 0 Å². The van der Waals surface area contributed by atoms with Gasteiger partial charge in [-0.2, -0.15) is 10.2 Å². The minimum Gasteiger partial charge on any atom is -0.263 e. The molecule has 29 heavy (non-hydrogen) atoms. The molecule has 158 valence electrons. The van der Waals surface area contributed by atoms with E-state index < -0.39 is 0 Å². The van der Waals surface area contributed by atoms with Crippen LogP contribution in [0.5, 0.6) is 0 Å². The number of hydrogen-bond donors (Lipinski definition) is 1. The van der Waals surface area contributed by atoms with Gasteiger partial charge in [-0.15, -0.1) is 17.5 Å². The van der Waals surface area contributed by atoms with Crippen LogP contribution in [0.1, 0.15) is 71.1 Å². The Morgan fingerprint density at radius 2 is 1.21 bits per heavy atom. The summed E-state index contributed by atoms with van der Waals surface area (Å²) in [6, 6.07) is 20.6. The predicted octanol–water partition coefficient (Wildman–Crippen LogP) is 7.09. The van der Waals surface area contributed by atoms with Crippen LogP contribution < -0.4 is 15.7 Å². The van der Waals surface area contributed by atoms with Gasteiger partial charge in [-0.1, -0.05) is 94.7 Å². The molecule has 0 unspecified atom stereocenters. The molecule has 2 aromatic rings. The van der Waals surface area contributed by atoms with E-state index in [1.54, 1.807) is 0 Å². The maximum atomic E-state index is 4.85. The molecule has 0 aliphatic carbocycles. The second-order valence-electron chi connectivity index (χ2n) is 7.51. The number of rotatable bonds is 12. The first-order valence-electron chi connectivity index (χ1n) is 10.9. The Bertz CT molecular complexity index is 705. The van der Waals surface area contributed by atoms with Gasteiger partial charge in [-0.05, 0) is 30.7 Å². The van der Waals surface area contributed by atoms with Crippen molar-refractivity contribution in [2.75, 3.05) is 10.2 Å². The lowest BCUT2D eigenvalue weighted by molar-refractivity contribution is 0.567. The van der Waals surface area contributed by atoms with Crippen LogP contribution in [-0.2, 0) is 0 Å². The molecule has 1 heterocycles. The summed E-state index contributed by atoms with van der Waals surface area (Å²) in [4.78, 5) is 0. The molecular weight excluding hydrogens is 380 g/mol. The maximum Gasteiger partial charge on any atom is 0.145 e. The molecule has 0 saturated carbocycles. The molecule has 0 amide bonds. The lowest BCUT2D eigenvalue weighted by Crippen LogP contribution is -2.44. The zero-order valence-electron chi connectivity index (χ0n) is 17.6. The average molecular weight is 415 g/mol. The summed E-state index contributed by atoms with van der Waals surface area (Å²) >= 11 is 0. The van der Waals surface area contributed by atoms with Crippen LogP contribution >= 0.6 is 12.4 Å². The summed E-state index contributed by atoms with van der Waals surface area (Å²) in [5, 5.41) is 8.83. The Labute approximate surface area is 182 Å². The second kappa shape index (κ2) is 13.1. The molecule has 2 aromatic carbocycles. The van der Waals surface area contributed by atoms with E-state index >= 15 is 0 Å². The van der Waals surface area contributed by atoms with Crippen LogP contribution in [-0.4, -0.2) is 5.84 Å². The molecular formula is C24H35ClN4. The summed E-state index contributed by atoms with van der Waals surface area (Å²) in [5.41, 5.74) is 5.63. The van der Waals surface area contributed by atoms with Gasteiger partial charge in [0.05, 0.1) is 11.4 Å². The van der Waals surface area contributed by atoms with Crippen molar-refractivity contribution in [2.24, 2.45) is 5.10 Å². The lowest BCUT2D eigenvalue weighted by Gasteiger charge is -2.27. The van der Waals surface area contributed by atoms with Gasteiger partial charge in [0.1, 0.15) is 5.84 Å². The van der Waals surface area contributed by atoms with E-state index in [1.165, 1.54) is 57.8 Å². The average Bonchev–Trinajstić information content (AvgIpc) is 3.18. The fourth-order valence-corrected chi connectivity index (χ4v) is 3.54. The number of anilines is 2. The summed E-state index contributed by atoms with van der Waals surface area (Å²) in [7, 11) is 0. The quantitative estimate of drug-likeness (QED) is 0.376. The van der Waals surface area contributed by atoms with E-state index in [0.29, 0.717) is 0 Å². The van der Waals surface area contributed by atoms with Gasteiger partial charge < -0.3 is 0 Å². The molecule has 0 saturated heterocycles. The first-order chi connectivity index (χ1) is 13.9. The second-order valence-corrected chi connectivity index (χ2v) is 7.51. The van der Waals surface area contributed by atoms with E-state index in [0.717, 1.165) is 23.6 Å². The van der Waals surface area contributed by atoms with Gasteiger partial charge in [0, 0.05) is 6.42 Å². The molecule has 0 bridgehead atoms. The number of unbranched alkanes of at least 4 members (excludes halogenated alkanes) is 8. The normalized spacial score (nSPS) is 13.1. The lowest BCUT2D eigenvalue weighted by atomic mass is 10.1. The number of amidine groups is 1. The van der Waals surface area contributed by atoms with Crippen molar-refractivity contribution in [3.05, 3.63) is 60.7 Å². The summed E-state index contributed by atoms with van der Waals surface area (Å²) < 4.78 is 0. The SMILES string of the molecule is CCCCCCCCCCCC1=NN(c2ccccc2)N(c2ccccc2)N1.Cl. The molecule has 4 nitrogen and oxygen atoms in total. The van der Waals surface area contributed by atoms with E-state index in [-0.39, 0.29) is 12.4 Å². The van der Waals surface area contributed by atoms with Crippen LogP contribution in [0.3, 0.4) is 0 Å². The van der Waals surface area contributed by atoms with Gasteiger partial charge >= 0.3 is 0 Å². The van der Waals surface area contributed by atoms with Gasteiger partial charge in [-0.25, -0.2) is 0 Å². The van der Waals surface area contributed by atoms with Gasteiger partial charge in [-0.3, -0.25) is 5.43 Å². The largest absolute Gasteiger partial charge is 0.263 e. The Kier molecular flexibility index (Phi) is 10.4. The highest BCUT2D eigenvalue weighted by atomic mass is 35.5. The zero-order chi connectivity index (χ0) is 19.4. The molecule has 0 atom stereocenters. The number of halogens is 1. The van der Waals surface area contributed by atoms with E-state index in [2.05, 4.69) is 48.7 Å². The smallest absolute Gasteiger partial charge is 0.145 e. The Hall–Kier alpha value is -2.20. The predicted molar refractivity (Wildman–Crippen MR) is 128 cm³/mol. The van der Waals surface area contributed by atoms with Crippen LogP contribution in [0.2, 0.25) is 0 Å². The minimum absolute atomic E-state index is 0. The molecule has 3 rings (SSSR count). The molecule has 5 heteroatoms. The third kappa shape index (κ3) is 7.28. The number of benzene rings is 2. The monoisotopic (exact) mass is 414 g/mol. The first-order valence-corrected chi connectivity index (χ1v) is 10.9. The molecule has 0 aromatic heterocycles. The number of nitrogens with one attached hydrogen (secondary N) is 1. The van der Waals surface area contributed by atoms with Gasteiger partial charge in [0.25, 0.3) is 0 Å². The molecule has 1 aliphatic heterocycles. The third-order valence-corrected chi connectivity index (χ3v) is 5.14. The van der Waals surface area contributed by atoms with Crippen molar-refractivity contribution in [1.82, 2.24) is 5.43 Å². The minimum atomic E-state index is 0. The van der Waals surface area contributed by atoms with Gasteiger partial charge in [0.2, 0.25) is 0 Å². The highest BCUT2D eigenvalue weighted by Crippen LogP contribution is 2.25. The Balaban J connectivity index is 0.00000300. The molecule has 1 N–H and O–H groups in total. The number of para-hydroxylation sites is 2. The van der Waals surface area contributed by atoms with Crippen molar-refractivity contribution in [2.45, 2.75) is 71.1 Å². The van der Waals surface area contributed by atoms with E-state index in [1.807, 2.05) is 34.5 Å². The number of hydrazine groups is 2. The van der Waals surface area contributed by atoms with Crippen molar-refractivity contribution >= 4 is 29.6 Å². The van der Waals surface area contributed by atoms with E-state index in [4.69, 9.17) is 5.10 Å². The Morgan fingerprint density at radius 1 is 0.690 bits per heavy atom. The molecule has 0 fully saturated rings. The Morgan fingerprint density at radius 3 is 1.79 bits per heavy atom. The van der Waals surface area contributed by atoms with E-state index in [9.17, 15) is 0 Å². The van der Waals surface area contributed by atoms with Crippen molar-refractivity contribution in [3.63, 3.8) is 0 Å². The number of hydrazone groups is 1.